The second-order valence-corrected chi connectivity index (χ2v) is 6.51. The molecule has 1 heterocycles. The highest BCUT2D eigenvalue weighted by Gasteiger charge is 2.38. The van der Waals surface area contributed by atoms with E-state index in [1.165, 1.54) is 11.1 Å². The fourth-order valence-electron chi connectivity index (χ4n) is 3.37. The second kappa shape index (κ2) is 5.55. The number of hydrogen-bond acceptors (Lipinski definition) is 2. The van der Waals surface area contributed by atoms with Crippen LogP contribution < -0.4 is 4.90 Å². The van der Waals surface area contributed by atoms with Gasteiger partial charge in [0.2, 0.25) is 0 Å². The second-order valence-electron chi connectivity index (χ2n) is 6.51. The molecule has 0 amide bonds. The highest BCUT2D eigenvalue weighted by atomic mass is 16.4. The quantitative estimate of drug-likeness (QED) is 0.900. The molecule has 1 aromatic rings. The van der Waals surface area contributed by atoms with Crippen molar-refractivity contribution < 1.29 is 9.90 Å². The van der Waals surface area contributed by atoms with Crippen LogP contribution in [0.1, 0.15) is 51.7 Å². The zero-order valence-corrected chi connectivity index (χ0v) is 13.6. The van der Waals surface area contributed by atoms with Gasteiger partial charge in [0.05, 0.1) is 5.54 Å². The molecule has 21 heavy (non-hydrogen) atoms. The fraction of sp³-hybridized carbons (Fsp3) is 0.500. The van der Waals surface area contributed by atoms with Crippen LogP contribution in [0.3, 0.4) is 0 Å². The zero-order chi connectivity index (χ0) is 15.8. The van der Waals surface area contributed by atoms with Crippen molar-refractivity contribution in [2.45, 2.75) is 59.0 Å². The molecule has 3 heteroatoms. The predicted molar refractivity (Wildman–Crippen MR) is 87.7 cm³/mol. The summed E-state index contributed by atoms with van der Waals surface area (Å²) in [4.78, 5) is 13.8. The summed E-state index contributed by atoms with van der Waals surface area (Å²) in [5.41, 5.74) is 4.30. The molecule has 0 saturated carbocycles. The van der Waals surface area contributed by atoms with Crippen molar-refractivity contribution in [1.29, 1.82) is 0 Å². The van der Waals surface area contributed by atoms with Crippen molar-refractivity contribution in [2.24, 2.45) is 0 Å². The lowest BCUT2D eigenvalue weighted by Gasteiger charge is -2.46. The van der Waals surface area contributed by atoms with Crippen LogP contribution in [0.4, 0.5) is 5.69 Å². The van der Waals surface area contributed by atoms with Crippen LogP contribution in [0.5, 0.6) is 0 Å². The molecule has 1 atom stereocenters. The summed E-state index contributed by atoms with van der Waals surface area (Å²) in [6, 6.07) is 5.78. The van der Waals surface area contributed by atoms with Gasteiger partial charge in [-0.1, -0.05) is 31.1 Å². The molecule has 1 aliphatic heterocycles. The Morgan fingerprint density at radius 3 is 2.57 bits per heavy atom. The van der Waals surface area contributed by atoms with Gasteiger partial charge in [-0.3, -0.25) is 0 Å². The van der Waals surface area contributed by atoms with Crippen molar-refractivity contribution in [3.63, 3.8) is 0 Å². The highest BCUT2D eigenvalue weighted by molar-refractivity contribution is 5.87. The largest absolute Gasteiger partial charge is 0.480 e. The molecule has 0 radical (unpaired) electrons. The van der Waals surface area contributed by atoms with Crippen LogP contribution in [0, 0.1) is 6.92 Å². The number of carbonyl (C=O) groups is 1. The summed E-state index contributed by atoms with van der Waals surface area (Å²) in [6.45, 7) is 10.4. The number of allylic oxidation sites excluding steroid dienone is 1. The first-order valence-corrected chi connectivity index (χ1v) is 7.60. The molecule has 0 aliphatic carbocycles. The first-order valence-electron chi connectivity index (χ1n) is 7.60. The first-order chi connectivity index (χ1) is 9.77. The number of aliphatic carboxylic acids is 1. The van der Waals surface area contributed by atoms with E-state index in [2.05, 4.69) is 56.9 Å². The molecule has 1 aliphatic rings. The molecular weight excluding hydrogens is 262 g/mol. The normalized spacial score (nSPS) is 18.0. The van der Waals surface area contributed by atoms with E-state index in [4.69, 9.17) is 0 Å². The zero-order valence-electron chi connectivity index (χ0n) is 13.6. The Balaban J connectivity index is 2.61. The third-order valence-corrected chi connectivity index (χ3v) is 4.19. The van der Waals surface area contributed by atoms with E-state index >= 15 is 0 Å². The van der Waals surface area contributed by atoms with Gasteiger partial charge in [-0.15, -0.1) is 0 Å². The van der Waals surface area contributed by atoms with Crippen LogP contribution in [-0.2, 0) is 4.79 Å². The number of fused-ring (bicyclic) bond motifs is 1. The van der Waals surface area contributed by atoms with Gasteiger partial charge in [0.1, 0.15) is 6.04 Å². The third-order valence-electron chi connectivity index (χ3n) is 4.19. The van der Waals surface area contributed by atoms with Crippen LogP contribution in [0.15, 0.2) is 24.3 Å². The standard InChI is InChI=1S/C18H25NO2/c1-6-7-16(17(20)21)19-15-9-8-12(2)10-14(15)13(3)11-18(19,4)5/h8-11,16H,6-7H2,1-5H3,(H,20,21). The number of rotatable bonds is 4. The lowest BCUT2D eigenvalue weighted by atomic mass is 9.86. The van der Waals surface area contributed by atoms with Crippen molar-refractivity contribution in [3.05, 3.63) is 35.4 Å². The van der Waals surface area contributed by atoms with E-state index in [-0.39, 0.29) is 5.54 Å². The summed E-state index contributed by atoms with van der Waals surface area (Å²) in [5, 5.41) is 9.67. The predicted octanol–water partition coefficient (Wildman–Crippen LogP) is 4.25. The molecule has 0 aromatic heterocycles. The van der Waals surface area contributed by atoms with Crippen LogP contribution in [-0.4, -0.2) is 22.7 Å². The summed E-state index contributed by atoms with van der Waals surface area (Å²) in [7, 11) is 0. The topological polar surface area (TPSA) is 40.5 Å². The highest BCUT2D eigenvalue weighted by Crippen LogP contribution is 2.41. The molecule has 0 saturated heterocycles. The molecule has 0 fully saturated rings. The molecule has 3 nitrogen and oxygen atoms in total. The first kappa shape index (κ1) is 15.6. The Bertz CT molecular complexity index is 587. The average molecular weight is 287 g/mol. The molecule has 114 valence electrons. The monoisotopic (exact) mass is 287 g/mol. The van der Waals surface area contributed by atoms with E-state index in [0.29, 0.717) is 6.42 Å². The third kappa shape index (κ3) is 2.82. The van der Waals surface area contributed by atoms with Gasteiger partial charge in [-0.25, -0.2) is 4.79 Å². The smallest absolute Gasteiger partial charge is 0.326 e. The molecule has 1 N–H and O–H groups in total. The van der Waals surface area contributed by atoms with E-state index in [9.17, 15) is 9.90 Å². The van der Waals surface area contributed by atoms with Gasteiger partial charge in [0.25, 0.3) is 0 Å². The SMILES string of the molecule is CCCC(C(=O)O)N1c2ccc(C)cc2C(C)=CC1(C)C. The molecule has 2 rings (SSSR count). The van der Waals surface area contributed by atoms with Crippen molar-refractivity contribution >= 4 is 17.2 Å². The maximum absolute atomic E-state index is 11.8. The minimum Gasteiger partial charge on any atom is -0.480 e. The Morgan fingerprint density at radius 2 is 2.00 bits per heavy atom. The molecule has 1 aromatic carbocycles. The van der Waals surface area contributed by atoms with Gasteiger partial charge in [0, 0.05) is 11.3 Å². The fourth-order valence-corrected chi connectivity index (χ4v) is 3.37. The van der Waals surface area contributed by atoms with Crippen molar-refractivity contribution in [1.82, 2.24) is 0 Å². The summed E-state index contributed by atoms with van der Waals surface area (Å²) < 4.78 is 0. The van der Waals surface area contributed by atoms with Crippen LogP contribution >= 0.6 is 0 Å². The Hall–Kier alpha value is -1.77. The van der Waals surface area contributed by atoms with Gasteiger partial charge < -0.3 is 10.0 Å². The number of carboxylic acid groups (broad SMARTS) is 1. The maximum Gasteiger partial charge on any atom is 0.326 e. The number of anilines is 1. The summed E-state index contributed by atoms with van der Waals surface area (Å²) in [5.74, 6) is -0.746. The maximum atomic E-state index is 11.8. The number of hydrogen-bond donors (Lipinski definition) is 1. The summed E-state index contributed by atoms with van der Waals surface area (Å²) in [6.07, 6.45) is 3.69. The van der Waals surface area contributed by atoms with Gasteiger partial charge >= 0.3 is 5.97 Å². The molecule has 0 spiro atoms. The Kier molecular flexibility index (Phi) is 4.13. The molecular formula is C18H25NO2. The van der Waals surface area contributed by atoms with Crippen LogP contribution in [0.2, 0.25) is 0 Å². The average Bonchev–Trinajstić information content (AvgIpc) is 2.37. The lowest BCUT2D eigenvalue weighted by molar-refractivity contribution is -0.139. The lowest BCUT2D eigenvalue weighted by Crippen LogP contribution is -2.54. The van der Waals surface area contributed by atoms with E-state index in [1.807, 2.05) is 6.92 Å². The van der Waals surface area contributed by atoms with Gasteiger partial charge in [0.15, 0.2) is 0 Å². The van der Waals surface area contributed by atoms with E-state index in [1.54, 1.807) is 0 Å². The number of nitrogens with zero attached hydrogens (tertiary/aromatic N) is 1. The van der Waals surface area contributed by atoms with Crippen LogP contribution in [0.25, 0.3) is 5.57 Å². The van der Waals surface area contributed by atoms with Crippen molar-refractivity contribution in [3.8, 4) is 0 Å². The molecule has 1 unspecified atom stereocenters. The summed E-state index contributed by atoms with van der Waals surface area (Å²) >= 11 is 0. The number of aryl methyl sites for hydroxylation is 1. The van der Waals surface area contributed by atoms with E-state index in [0.717, 1.165) is 17.7 Å². The Morgan fingerprint density at radius 1 is 1.33 bits per heavy atom. The number of benzene rings is 1. The number of carboxylic acids is 1. The van der Waals surface area contributed by atoms with Gasteiger partial charge in [-0.2, -0.15) is 0 Å². The van der Waals surface area contributed by atoms with Gasteiger partial charge in [-0.05, 0) is 51.8 Å². The molecule has 0 bridgehead atoms. The minimum absolute atomic E-state index is 0.301. The van der Waals surface area contributed by atoms with E-state index < -0.39 is 12.0 Å². The minimum atomic E-state index is -0.746. The van der Waals surface area contributed by atoms with Crippen molar-refractivity contribution in [2.75, 3.05) is 4.90 Å². The Labute approximate surface area is 127 Å².